The Kier molecular flexibility index (Phi) is 3.56. The van der Waals surface area contributed by atoms with Crippen molar-refractivity contribution in [1.29, 1.82) is 5.41 Å². The zero-order valence-corrected chi connectivity index (χ0v) is 8.75. The fraction of sp³-hybridized carbons (Fsp3) is 0.556. The normalized spacial score (nSPS) is 13.8. The SMILES string of the molecule is CCC(CC(=N)N)n1cc(C(F)(F)F)cn1. The summed E-state index contributed by atoms with van der Waals surface area (Å²) in [5, 5.41) is 10.8. The maximum atomic E-state index is 12.3. The molecule has 0 aromatic carbocycles. The van der Waals surface area contributed by atoms with Crippen LogP contribution in [-0.4, -0.2) is 15.6 Å². The summed E-state index contributed by atoms with van der Waals surface area (Å²) in [6.07, 6.45) is -1.89. The van der Waals surface area contributed by atoms with Crippen molar-refractivity contribution in [3.63, 3.8) is 0 Å². The van der Waals surface area contributed by atoms with Gasteiger partial charge in [-0.05, 0) is 6.42 Å². The van der Waals surface area contributed by atoms with Crippen LogP contribution < -0.4 is 5.73 Å². The number of rotatable bonds is 4. The summed E-state index contributed by atoms with van der Waals surface area (Å²) < 4.78 is 38.1. The van der Waals surface area contributed by atoms with Crippen molar-refractivity contribution in [3.05, 3.63) is 18.0 Å². The Hall–Kier alpha value is -1.53. The van der Waals surface area contributed by atoms with Crippen LogP contribution in [0.25, 0.3) is 0 Å². The van der Waals surface area contributed by atoms with Gasteiger partial charge in [-0.1, -0.05) is 6.92 Å². The summed E-state index contributed by atoms with van der Waals surface area (Å²) in [5.74, 6) is -0.0593. The molecule has 0 spiro atoms. The number of hydrogen-bond donors (Lipinski definition) is 2. The first-order valence-electron chi connectivity index (χ1n) is 4.78. The van der Waals surface area contributed by atoms with Gasteiger partial charge in [0.1, 0.15) is 0 Å². The molecule has 0 radical (unpaired) electrons. The molecule has 0 aliphatic rings. The number of hydrogen-bond acceptors (Lipinski definition) is 2. The van der Waals surface area contributed by atoms with E-state index in [1.807, 2.05) is 6.92 Å². The molecule has 3 N–H and O–H groups in total. The zero-order valence-electron chi connectivity index (χ0n) is 8.75. The van der Waals surface area contributed by atoms with Crippen molar-refractivity contribution in [2.45, 2.75) is 32.0 Å². The molecule has 0 aliphatic heterocycles. The lowest BCUT2D eigenvalue weighted by atomic mass is 10.1. The molecule has 1 unspecified atom stereocenters. The predicted octanol–water partition coefficient (Wildman–Crippen LogP) is 2.18. The Balaban J connectivity index is 2.87. The lowest BCUT2D eigenvalue weighted by Gasteiger charge is -2.14. The molecule has 1 heterocycles. The first-order valence-corrected chi connectivity index (χ1v) is 4.78. The largest absolute Gasteiger partial charge is 0.419 e. The van der Waals surface area contributed by atoms with Gasteiger partial charge in [0.25, 0.3) is 0 Å². The van der Waals surface area contributed by atoms with Crippen LogP contribution in [0.4, 0.5) is 13.2 Å². The van der Waals surface area contributed by atoms with E-state index < -0.39 is 11.7 Å². The summed E-state index contributed by atoms with van der Waals surface area (Å²) in [5.41, 5.74) is 4.44. The first-order chi connectivity index (χ1) is 7.34. The molecule has 7 heteroatoms. The van der Waals surface area contributed by atoms with Gasteiger partial charge in [0.15, 0.2) is 0 Å². The summed E-state index contributed by atoms with van der Waals surface area (Å²) in [4.78, 5) is 0. The van der Waals surface area contributed by atoms with Crippen molar-refractivity contribution in [3.8, 4) is 0 Å². The lowest BCUT2D eigenvalue weighted by molar-refractivity contribution is -0.137. The smallest absolute Gasteiger partial charge is 0.388 e. The van der Waals surface area contributed by atoms with Crippen LogP contribution in [0.15, 0.2) is 12.4 Å². The van der Waals surface area contributed by atoms with E-state index in [4.69, 9.17) is 11.1 Å². The van der Waals surface area contributed by atoms with Crippen LogP contribution in [0, 0.1) is 5.41 Å². The predicted molar refractivity (Wildman–Crippen MR) is 53.1 cm³/mol. The van der Waals surface area contributed by atoms with Gasteiger partial charge in [0, 0.05) is 12.6 Å². The number of nitrogens with one attached hydrogen (secondary N) is 1. The average molecular weight is 234 g/mol. The second kappa shape index (κ2) is 4.54. The van der Waals surface area contributed by atoms with Crippen LogP contribution in [-0.2, 0) is 6.18 Å². The van der Waals surface area contributed by atoms with E-state index in [1.165, 1.54) is 4.68 Å². The molecular weight excluding hydrogens is 221 g/mol. The summed E-state index contributed by atoms with van der Waals surface area (Å²) >= 11 is 0. The number of nitrogens with zero attached hydrogens (tertiary/aromatic N) is 2. The second-order valence-electron chi connectivity index (χ2n) is 3.50. The molecule has 1 aromatic heterocycles. The highest BCUT2D eigenvalue weighted by Gasteiger charge is 2.32. The molecule has 0 amide bonds. The molecular formula is C9H13F3N4. The lowest BCUT2D eigenvalue weighted by Crippen LogP contribution is -2.18. The van der Waals surface area contributed by atoms with Crippen LogP contribution in [0.2, 0.25) is 0 Å². The van der Waals surface area contributed by atoms with Crippen LogP contribution in [0.1, 0.15) is 31.4 Å². The van der Waals surface area contributed by atoms with Crippen LogP contribution >= 0.6 is 0 Å². The van der Waals surface area contributed by atoms with Gasteiger partial charge in [-0.2, -0.15) is 18.3 Å². The third-order valence-corrected chi connectivity index (χ3v) is 2.23. The second-order valence-corrected chi connectivity index (χ2v) is 3.50. The van der Waals surface area contributed by atoms with Crippen molar-refractivity contribution < 1.29 is 13.2 Å². The van der Waals surface area contributed by atoms with Crippen LogP contribution in [0.5, 0.6) is 0 Å². The minimum absolute atomic E-state index is 0.0593. The van der Waals surface area contributed by atoms with E-state index in [9.17, 15) is 13.2 Å². The maximum Gasteiger partial charge on any atom is 0.419 e. The molecule has 0 aliphatic carbocycles. The van der Waals surface area contributed by atoms with Gasteiger partial charge in [0.2, 0.25) is 0 Å². The molecule has 4 nitrogen and oxygen atoms in total. The highest BCUT2D eigenvalue weighted by Crippen LogP contribution is 2.29. The Morgan fingerprint density at radius 1 is 1.62 bits per heavy atom. The highest BCUT2D eigenvalue weighted by molar-refractivity contribution is 5.77. The summed E-state index contributed by atoms with van der Waals surface area (Å²) in [6.45, 7) is 1.81. The Morgan fingerprint density at radius 3 is 2.62 bits per heavy atom. The van der Waals surface area contributed by atoms with Crippen LogP contribution in [0.3, 0.4) is 0 Å². The monoisotopic (exact) mass is 234 g/mol. The van der Waals surface area contributed by atoms with E-state index in [1.54, 1.807) is 0 Å². The van der Waals surface area contributed by atoms with Gasteiger partial charge in [0.05, 0.1) is 23.6 Å². The molecule has 90 valence electrons. The standard InChI is InChI=1S/C9H13F3N4/c1-2-7(3-8(13)14)16-5-6(4-15-16)9(10,11)12/h4-5,7H,2-3H2,1H3,(H3,13,14). The summed E-state index contributed by atoms with van der Waals surface area (Å²) in [6, 6.07) is -0.298. The molecule has 0 bridgehead atoms. The quantitative estimate of drug-likeness (QED) is 0.619. The van der Waals surface area contributed by atoms with Crippen molar-refractivity contribution in [2.75, 3.05) is 0 Å². The molecule has 0 saturated heterocycles. The topological polar surface area (TPSA) is 67.7 Å². The Bertz CT molecular complexity index is 369. The number of amidine groups is 1. The van der Waals surface area contributed by atoms with E-state index in [0.717, 1.165) is 12.4 Å². The van der Waals surface area contributed by atoms with Gasteiger partial charge in [-0.25, -0.2) is 0 Å². The Morgan fingerprint density at radius 2 is 2.25 bits per heavy atom. The summed E-state index contributed by atoms with van der Waals surface area (Å²) in [7, 11) is 0. The van der Waals surface area contributed by atoms with Gasteiger partial charge in [-0.3, -0.25) is 10.1 Å². The third-order valence-electron chi connectivity index (χ3n) is 2.23. The number of aromatic nitrogens is 2. The number of nitrogens with two attached hydrogens (primary N) is 1. The minimum Gasteiger partial charge on any atom is -0.388 e. The van der Waals surface area contributed by atoms with Crippen molar-refractivity contribution in [1.82, 2.24) is 9.78 Å². The number of halogens is 3. The van der Waals surface area contributed by atoms with Gasteiger partial charge in [-0.15, -0.1) is 0 Å². The molecule has 1 rings (SSSR count). The van der Waals surface area contributed by atoms with E-state index in [-0.39, 0.29) is 18.3 Å². The molecule has 16 heavy (non-hydrogen) atoms. The van der Waals surface area contributed by atoms with Gasteiger partial charge >= 0.3 is 6.18 Å². The van der Waals surface area contributed by atoms with Gasteiger partial charge < -0.3 is 5.73 Å². The fourth-order valence-corrected chi connectivity index (χ4v) is 1.36. The zero-order chi connectivity index (χ0) is 12.3. The molecule has 1 atom stereocenters. The van der Waals surface area contributed by atoms with E-state index in [2.05, 4.69) is 5.10 Å². The third kappa shape index (κ3) is 2.98. The first kappa shape index (κ1) is 12.5. The minimum atomic E-state index is -4.38. The Labute approximate surface area is 90.8 Å². The fourth-order valence-electron chi connectivity index (χ4n) is 1.36. The average Bonchev–Trinajstić information content (AvgIpc) is 2.61. The van der Waals surface area contributed by atoms with E-state index in [0.29, 0.717) is 6.42 Å². The maximum absolute atomic E-state index is 12.3. The number of alkyl halides is 3. The highest BCUT2D eigenvalue weighted by atomic mass is 19.4. The molecule has 0 saturated carbocycles. The molecule has 1 aromatic rings. The molecule has 0 fully saturated rings. The van der Waals surface area contributed by atoms with Crippen molar-refractivity contribution in [2.24, 2.45) is 5.73 Å². The van der Waals surface area contributed by atoms with E-state index >= 15 is 0 Å². The van der Waals surface area contributed by atoms with Crippen molar-refractivity contribution >= 4 is 5.84 Å².